The summed E-state index contributed by atoms with van der Waals surface area (Å²) in [6, 6.07) is 19.7. The number of aromatic hydroxyl groups is 3. The number of hydrogen-bond donors (Lipinski definition) is 3. The zero-order chi connectivity index (χ0) is 24.6. The van der Waals surface area contributed by atoms with Crippen molar-refractivity contribution < 1.29 is 20.1 Å². The molecular formula is C29H29NO4. The van der Waals surface area contributed by atoms with Crippen molar-refractivity contribution in [1.29, 1.82) is 0 Å². The second kappa shape index (κ2) is 9.02. The molecule has 4 aromatic rings. The predicted octanol–water partition coefficient (Wildman–Crippen LogP) is 7.61. The minimum absolute atomic E-state index is 0.0856. The van der Waals surface area contributed by atoms with Crippen LogP contribution in [0.1, 0.15) is 27.8 Å². The fourth-order valence-electron chi connectivity index (χ4n) is 4.07. The Hall–Kier alpha value is -4.12. The van der Waals surface area contributed by atoms with Crippen molar-refractivity contribution in [2.24, 2.45) is 0 Å². The molecule has 5 nitrogen and oxygen atoms in total. The maximum absolute atomic E-state index is 10.4. The van der Waals surface area contributed by atoms with Gasteiger partial charge in [0.15, 0.2) is 11.5 Å². The summed E-state index contributed by atoms with van der Waals surface area (Å²) in [6.45, 7) is 9.83. The van der Waals surface area contributed by atoms with E-state index in [1.54, 1.807) is 36.4 Å². The van der Waals surface area contributed by atoms with Crippen LogP contribution in [-0.2, 0) is 0 Å². The number of para-hydroxylation sites is 1. The first-order valence-electron chi connectivity index (χ1n) is 11.1. The van der Waals surface area contributed by atoms with Crippen molar-refractivity contribution in [1.82, 2.24) is 0 Å². The van der Waals surface area contributed by atoms with Gasteiger partial charge in [-0.15, -0.1) is 0 Å². The first-order valence-corrected chi connectivity index (χ1v) is 11.1. The van der Waals surface area contributed by atoms with Crippen LogP contribution in [-0.4, -0.2) is 15.3 Å². The monoisotopic (exact) mass is 455 g/mol. The molecular weight excluding hydrogens is 426 g/mol. The van der Waals surface area contributed by atoms with E-state index >= 15 is 0 Å². The molecule has 0 aliphatic rings. The van der Waals surface area contributed by atoms with Crippen LogP contribution < -0.4 is 9.64 Å². The normalized spacial score (nSPS) is 10.9. The van der Waals surface area contributed by atoms with Gasteiger partial charge in [0.05, 0.1) is 11.4 Å². The molecule has 0 aliphatic heterocycles. The summed E-state index contributed by atoms with van der Waals surface area (Å²) in [6.07, 6.45) is 0. The lowest BCUT2D eigenvalue weighted by Crippen LogP contribution is -2.13. The number of benzene rings is 4. The van der Waals surface area contributed by atoms with E-state index in [0.29, 0.717) is 11.5 Å². The summed E-state index contributed by atoms with van der Waals surface area (Å²) in [4.78, 5) is 2.03. The Morgan fingerprint density at radius 1 is 0.618 bits per heavy atom. The van der Waals surface area contributed by atoms with Gasteiger partial charge in [0, 0.05) is 17.8 Å². The van der Waals surface area contributed by atoms with E-state index in [-0.39, 0.29) is 17.2 Å². The third-order valence-electron chi connectivity index (χ3n) is 6.24. The molecule has 0 saturated carbocycles. The van der Waals surface area contributed by atoms with Gasteiger partial charge in [0.1, 0.15) is 17.2 Å². The number of nitrogens with zero attached hydrogens (tertiary/aromatic N) is 1. The highest BCUT2D eigenvalue weighted by Gasteiger charge is 2.20. The first-order chi connectivity index (χ1) is 16.2. The van der Waals surface area contributed by atoms with Crippen LogP contribution in [0.15, 0.2) is 66.7 Å². The van der Waals surface area contributed by atoms with E-state index in [0.717, 1.165) is 44.9 Å². The van der Waals surface area contributed by atoms with Gasteiger partial charge in [-0.25, -0.2) is 0 Å². The van der Waals surface area contributed by atoms with Crippen molar-refractivity contribution in [2.75, 3.05) is 4.90 Å². The van der Waals surface area contributed by atoms with E-state index < -0.39 is 0 Å². The number of phenolic OH excluding ortho intramolecular Hbond substituents is 3. The number of phenols is 3. The van der Waals surface area contributed by atoms with Crippen molar-refractivity contribution in [3.63, 3.8) is 0 Å². The minimum atomic E-state index is 0.0856. The number of anilines is 3. The molecule has 0 spiro atoms. The Labute approximate surface area is 200 Å². The molecule has 0 aliphatic carbocycles. The fraction of sp³-hybridized carbons (Fsp3) is 0.172. The lowest BCUT2D eigenvalue weighted by Gasteiger charge is -2.30. The van der Waals surface area contributed by atoms with Gasteiger partial charge in [-0.1, -0.05) is 12.1 Å². The standard InChI is InChI=1S/C29H29NO4/c1-17-7-6-8-28(33)29(17)34-25-11-9-22(10-12-25)30(26-15-23(31)13-18(2)20(26)4)27-16-24(32)14-19(3)21(27)5/h6-16,31-33H,1-5H3. The summed E-state index contributed by atoms with van der Waals surface area (Å²) in [5.41, 5.74) is 7.26. The molecule has 0 fully saturated rings. The van der Waals surface area contributed by atoms with Crippen LogP contribution in [0.25, 0.3) is 0 Å². The quantitative estimate of drug-likeness (QED) is 0.289. The van der Waals surface area contributed by atoms with Crippen molar-refractivity contribution in [3.8, 4) is 28.7 Å². The lowest BCUT2D eigenvalue weighted by molar-refractivity contribution is 0.409. The maximum Gasteiger partial charge on any atom is 0.171 e. The van der Waals surface area contributed by atoms with Gasteiger partial charge >= 0.3 is 0 Å². The highest BCUT2D eigenvalue weighted by atomic mass is 16.5. The fourth-order valence-corrected chi connectivity index (χ4v) is 4.07. The smallest absolute Gasteiger partial charge is 0.171 e. The van der Waals surface area contributed by atoms with Crippen LogP contribution >= 0.6 is 0 Å². The summed E-state index contributed by atoms with van der Waals surface area (Å²) < 4.78 is 5.96. The number of hydrogen-bond acceptors (Lipinski definition) is 5. The zero-order valence-electron chi connectivity index (χ0n) is 20.0. The predicted molar refractivity (Wildman–Crippen MR) is 136 cm³/mol. The molecule has 0 unspecified atom stereocenters. The van der Waals surface area contributed by atoms with Gasteiger partial charge in [-0.2, -0.15) is 0 Å². The molecule has 174 valence electrons. The number of ether oxygens (including phenoxy) is 1. The average Bonchev–Trinajstić information content (AvgIpc) is 2.78. The Balaban J connectivity index is 1.84. The Kier molecular flexibility index (Phi) is 6.12. The molecule has 0 aromatic heterocycles. The summed E-state index contributed by atoms with van der Waals surface area (Å²) in [7, 11) is 0. The first kappa shape index (κ1) is 23.1. The average molecular weight is 456 g/mol. The van der Waals surface area contributed by atoms with Gasteiger partial charge < -0.3 is 25.0 Å². The van der Waals surface area contributed by atoms with Crippen LogP contribution in [0.5, 0.6) is 28.7 Å². The molecule has 0 heterocycles. The van der Waals surface area contributed by atoms with Gasteiger partial charge in [-0.3, -0.25) is 0 Å². The van der Waals surface area contributed by atoms with Crippen LogP contribution in [0, 0.1) is 34.6 Å². The molecule has 0 amide bonds. The molecule has 4 aromatic carbocycles. The van der Waals surface area contributed by atoms with Crippen molar-refractivity contribution in [2.45, 2.75) is 34.6 Å². The Bertz CT molecular complexity index is 1280. The van der Waals surface area contributed by atoms with Crippen LogP contribution in [0.4, 0.5) is 17.1 Å². The number of rotatable bonds is 5. The Morgan fingerprint density at radius 2 is 1.15 bits per heavy atom. The van der Waals surface area contributed by atoms with E-state index in [9.17, 15) is 15.3 Å². The molecule has 3 N–H and O–H groups in total. The molecule has 5 heteroatoms. The molecule has 0 atom stereocenters. The Morgan fingerprint density at radius 3 is 1.65 bits per heavy atom. The molecule has 0 bridgehead atoms. The third kappa shape index (κ3) is 4.37. The molecule has 34 heavy (non-hydrogen) atoms. The van der Waals surface area contributed by atoms with Crippen molar-refractivity contribution in [3.05, 3.63) is 94.5 Å². The SMILES string of the molecule is Cc1cc(O)cc(N(c2ccc(Oc3c(C)cccc3O)cc2)c2cc(O)cc(C)c2C)c1C. The summed E-state index contributed by atoms with van der Waals surface area (Å²) in [5.74, 6) is 1.44. The minimum Gasteiger partial charge on any atom is -0.508 e. The van der Waals surface area contributed by atoms with Gasteiger partial charge in [-0.05, 0) is 105 Å². The van der Waals surface area contributed by atoms with E-state index in [1.165, 1.54) is 0 Å². The summed E-state index contributed by atoms with van der Waals surface area (Å²) in [5, 5.41) is 30.9. The number of aryl methyl sites for hydroxylation is 3. The largest absolute Gasteiger partial charge is 0.508 e. The van der Waals surface area contributed by atoms with Crippen LogP contribution in [0.3, 0.4) is 0 Å². The molecule has 0 saturated heterocycles. The second-order valence-corrected chi connectivity index (χ2v) is 8.67. The highest BCUT2D eigenvalue weighted by Crippen LogP contribution is 2.43. The lowest BCUT2D eigenvalue weighted by atomic mass is 10.0. The van der Waals surface area contributed by atoms with Crippen molar-refractivity contribution >= 4 is 17.1 Å². The molecule has 0 radical (unpaired) electrons. The third-order valence-corrected chi connectivity index (χ3v) is 6.24. The van der Waals surface area contributed by atoms with E-state index in [2.05, 4.69) is 0 Å². The maximum atomic E-state index is 10.4. The molecule has 4 rings (SSSR count). The van der Waals surface area contributed by atoms with E-state index in [1.807, 2.05) is 69.9 Å². The van der Waals surface area contributed by atoms with Gasteiger partial charge in [0.2, 0.25) is 0 Å². The topological polar surface area (TPSA) is 73.2 Å². The zero-order valence-corrected chi connectivity index (χ0v) is 20.0. The van der Waals surface area contributed by atoms with Gasteiger partial charge in [0.25, 0.3) is 0 Å². The summed E-state index contributed by atoms with van der Waals surface area (Å²) >= 11 is 0. The van der Waals surface area contributed by atoms with E-state index in [4.69, 9.17) is 4.74 Å². The second-order valence-electron chi connectivity index (χ2n) is 8.67. The highest BCUT2D eigenvalue weighted by molar-refractivity contribution is 5.82. The van der Waals surface area contributed by atoms with Crippen LogP contribution in [0.2, 0.25) is 0 Å².